The van der Waals surface area contributed by atoms with Gasteiger partial charge in [-0.15, -0.1) is 0 Å². The second kappa shape index (κ2) is 5.95. The molecule has 1 saturated heterocycles. The van der Waals surface area contributed by atoms with Gasteiger partial charge in [-0.2, -0.15) is 0 Å². The second-order valence-electron chi connectivity index (χ2n) is 5.13. The van der Waals surface area contributed by atoms with Gasteiger partial charge >= 0.3 is 5.97 Å². The fourth-order valence-corrected chi connectivity index (χ4v) is 3.25. The number of ether oxygens (including phenoxy) is 1. The predicted molar refractivity (Wildman–Crippen MR) is 79.4 cm³/mol. The first kappa shape index (κ1) is 15.0. The van der Waals surface area contributed by atoms with Crippen molar-refractivity contribution in [2.45, 2.75) is 36.7 Å². The van der Waals surface area contributed by atoms with E-state index in [-0.39, 0.29) is 17.9 Å². The number of nitrogens with zero attached hydrogens (tertiary/aromatic N) is 1. The van der Waals surface area contributed by atoms with E-state index in [1.807, 2.05) is 30.3 Å². The molecule has 0 aliphatic carbocycles. The lowest BCUT2D eigenvalue weighted by atomic mass is 9.99. The van der Waals surface area contributed by atoms with Crippen molar-refractivity contribution in [2.75, 3.05) is 7.11 Å². The average molecular weight is 340 g/mol. The van der Waals surface area contributed by atoms with Crippen molar-refractivity contribution in [3.05, 3.63) is 35.9 Å². The van der Waals surface area contributed by atoms with Crippen LogP contribution in [0, 0.1) is 0 Å². The van der Waals surface area contributed by atoms with E-state index in [4.69, 9.17) is 4.74 Å². The van der Waals surface area contributed by atoms with Gasteiger partial charge in [-0.25, -0.2) is 0 Å². The number of carbonyl (C=O) groups excluding carboxylic acids is 2. The molecule has 2 rings (SSSR count). The molecule has 0 saturated carbocycles. The zero-order valence-corrected chi connectivity index (χ0v) is 13.2. The standard InChI is InChI=1S/C15H18BrNO3/c1-15(16,14(19)20-2)12-8-9-13(18)17(12)10-11-6-4-3-5-7-11/h3-7,12H,8-10H2,1-2H3/t12-,15?/m0/s1. The second-order valence-corrected chi connectivity index (χ2v) is 6.78. The quantitative estimate of drug-likeness (QED) is 0.625. The number of hydrogen-bond donors (Lipinski definition) is 0. The topological polar surface area (TPSA) is 46.6 Å². The SMILES string of the molecule is COC(=O)C(C)(Br)[C@@H]1CCC(=O)N1Cc1ccccc1. The van der Waals surface area contributed by atoms with Gasteiger partial charge in [-0.05, 0) is 18.9 Å². The third-order valence-electron chi connectivity index (χ3n) is 3.73. The van der Waals surface area contributed by atoms with Crippen LogP contribution < -0.4 is 0 Å². The van der Waals surface area contributed by atoms with Crippen molar-refractivity contribution >= 4 is 27.8 Å². The van der Waals surface area contributed by atoms with E-state index in [0.717, 1.165) is 5.56 Å². The average Bonchev–Trinajstić information content (AvgIpc) is 2.81. The maximum atomic E-state index is 12.1. The van der Waals surface area contributed by atoms with Crippen LogP contribution in [0.25, 0.3) is 0 Å². The largest absolute Gasteiger partial charge is 0.468 e. The summed E-state index contributed by atoms with van der Waals surface area (Å²) in [4.78, 5) is 25.8. The van der Waals surface area contributed by atoms with E-state index < -0.39 is 4.32 Å². The van der Waals surface area contributed by atoms with Gasteiger partial charge < -0.3 is 9.64 Å². The van der Waals surface area contributed by atoms with E-state index in [2.05, 4.69) is 15.9 Å². The number of rotatable bonds is 4. The molecule has 1 aliphatic heterocycles. The molecule has 0 N–H and O–H groups in total. The van der Waals surface area contributed by atoms with Gasteiger partial charge in [0.15, 0.2) is 0 Å². The first-order chi connectivity index (χ1) is 9.46. The zero-order chi connectivity index (χ0) is 14.8. The van der Waals surface area contributed by atoms with Gasteiger partial charge in [0.25, 0.3) is 0 Å². The molecular weight excluding hydrogens is 322 g/mol. The number of carbonyl (C=O) groups is 2. The molecule has 5 heteroatoms. The molecule has 0 radical (unpaired) electrons. The fourth-order valence-electron chi connectivity index (χ4n) is 2.61. The number of benzene rings is 1. The summed E-state index contributed by atoms with van der Waals surface area (Å²) in [5.74, 6) is -0.274. The van der Waals surface area contributed by atoms with E-state index in [0.29, 0.717) is 19.4 Å². The van der Waals surface area contributed by atoms with Gasteiger partial charge in [0.1, 0.15) is 4.32 Å². The van der Waals surface area contributed by atoms with Crippen LogP contribution in [0.15, 0.2) is 30.3 Å². The van der Waals surface area contributed by atoms with Crippen molar-refractivity contribution in [3.63, 3.8) is 0 Å². The lowest BCUT2D eigenvalue weighted by Gasteiger charge is -2.34. The molecule has 0 aromatic heterocycles. The Kier molecular flexibility index (Phi) is 4.48. The summed E-state index contributed by atoms with van der Waals surface area (Å²) in [7, 11) is 1.36. The summed E-state index contributed by atoms with van der Waals surface area (Å²) in [6.45, 7) is 2.28. The first-order valence-corrected chi connectivity index (χ1v) is 7.37. The van der Waals surface area contributed by atoms with Crippen LogP contribution in [0.5, 0.6) is 0 Å². The van der Waals surface area contributed by atoms with Crippen molar-refractivity contribution in [3.8, 4) is 0 Å². The molecule has 4 nitrogen and oxygen atoms in total. The number of methoxy groups -OCH3 is 1. The summed E-state index contributed by atoms with van der Waals surface area (Å²) in [6.07, 6.45) is 1.12. The van der Waals surface area contributed by atoms with E-state index in [9.17, 15) is 9.59 Å². The van der Waals surface area contributed by atoms with Crippen LogP contribution in [0.2, 0.25) is 0 Å². The number of likely N-dealkylation sites (tertiary alicyclic amines) is 1. The molecule has 1 aliphatic rings. The third-order valence-corrected chi connectivity index (χ3v) is 4.59. The summed E-state index contributed by atoms with van der Waals surface area (Å²) >= 11 is 3.45. The smallest absolute Gasteiger partial charge is 0.324 e. The highest BCUT2D eigenvalue weighted by Gasteiger charge is 2.47. The molecule has 1 heterocycles. The number of hydrogen-bond acceptors (Lipinski definition) is 3. The number of esters is 1. The summed E-state index contributed by atoms with van der Waals surface area (Å²) in [5, 5.41) is 0. The Morgan fingerprint density at radius 2 is 2.10 bits per heavy atom. The predicted octanol–water partition coefficient (Wildman–Crippen LogP) is 2.50. The summed E-state index contributed by atoms with van der Waals surface area (Å²) in [5.41, 5.74) is 1.06. The lowest BCUT2D eigenvalue weighted by Crippen LogP contribution is -2.49. The van der Waals surface area contributed by atoms with Crippen LogP contribution in [-0.4, -0.2) is 34.3 Å². The molecule has 1 aromatic carbocycles. The zero-order valence-electron chi connectivity index (χ0n) is 11.6. The van der Waals surface area contributed by atoms with Crippen molar-refractivity contribution in [2.24, 2.45) is 0 Å². The van der Waals surface area contributed by atoms with Crippen molar-refractivity contribution in [1.29, 1.82) is 0 Å². The third kappa shape index (κ3) is 2.87. The molecule has 1 aromatic rings. The Balaban J connectivity index is 2.21. The van der Waals surface area contributed by atoms with Crippen LogP contribution in [0.3, 0.4) is 0 Å². The molecule has 0 spiro atoms. The Bertz CT molecular complexity index is 501. The van der Waals surface area contributed by atoms with Crippen LogP contribution >= 0.6 is 15.9 Å². The fraction of sp³-hybridized carbons (Fsp3) is 0.467. The normalized spacial score (nSPS) is 21.6. The molecule has 0 bridgehead atoms. The van der Waals surface area contributed by atoms with Gasteiger partial charge in [-0.1, -0.05) is 46.3 Å². The molecule has 1 fully saturated rings. The molecule has 108 valence electrons. The van der Waals surface area contributed by atoms with Gasteiger partial charge in [-0.3, -0.25) is 9.59 Å². The van der Waals surface area contributed by atoms with Crippen LogP contribution in [0.1, 0.15) is 25.3 Å². The monoisotopic (exact) mass is 339 g/mol. The van der Waals surface area contributed by atoms with Crippen molar-refractivity contribution in [1.82, 2.24) is 4.90 Å². The summed E-state index contributed by atoms with van der Waals surface area (Å²) < 4.78 is 3.97. The maximum absolute atomic E-state index is 12.1. The lowest BCUT2D eigenvalue weighted by molar-refractivity contribution is -0.145. The first-order valence-electron chi connectivity index (χ1n) is 6.57. The summed E-state index contributed by atoms with van der Waals surface area (Å²) in [6, 6.07) is 9.59. The van der Waals surface area contributed by atoms with Gasteiger partial charge in [0.05, 0.1) is 13.2 Å². The maximum Gasteiger partial charge on any atom is 0.324 e. The van der Waals surface area contributed by atoms with Gasteiger partial charge in [0.2, 0.25) is 5.91 Å². The van der Waals surface area contributed by atoms with E-state index in [1.165, 1.54) is 7.11 Å². The molecule has 1 amide bonds. The van der Waals surface area contributed by atoms with E-state index >= 15 is 0 Å². The number of halogens is 1. The minimum atomic E-state index is -0.872. The molecule has 2 atom stereocenters. The highest BCUT2D eigenvalue weighted by molar-refractivity contribution is 9.10. The Labute approximate surface area is 127 Å². The Morgan fingerprint density at radius 1 is 1.45 bits per heavy atom. The van der Waals surface area contributed by atoms with Crippen molar-refractivity contribution < 1.29 is 14.3 Å². The number of amides is 1. The minimum Gasteiger partial charge on any atom is -0.468 e. The Morgan fingerprint density at radius 3 is 2.70 bits per heavy atom. The van der Waals surface area contributed by atoms with E-state index in [1.54, 1.807) is 11.8 Å². The minimum absolute atomic E-state index is 0.0773. The molecule has 1 unspecified atom stereocenters. The number of alkyl halides is 1. The Hall–Kier alpha value is -1.36. The van der Waals surface area contributed by atoms with Crippen LogP contribution in [0.4, 0.5) is 0 Å². The highest BCUT2D eigenvalue weighted by Crippen LogP contribution is 2.36. The molecule has 20 heavy (non-hydrogen) atoms. The highest BCUT2D eigenvalue weighted by atomic mass is 79.9. The molecular formula is C15H18BrNO3. The van der Waals surface area contributed by atoms with Crippen LogP contribution in [-0.2, 0) is 20.9 Å². The van der Waals surface area contributed by atoms with Gasteiger partial charge in [0, 0.05) is 13.0 Å².